The predicted molar refractivity (Wildman–Crippen MR) is 71.0 cm³/mol. The first-order valence-electron chi connectivity index (χ1n) is 6.36. The summed E-state index contributed by atoms with van der Waals surface area (Å²) < 4.78 is 24.8. The number of amides is 1. The summed E-state index contributed by atoms with van der Waals surface area (Å²) in [5, 5.41) is 16.3. The van der Waals surface area contributed by atoms with Crippen molar-refractivity contribution < 1.29 is 18.7 Å². The van der Waals surface area contributed by atoms with Gasteiger partial charge in [0, 0.05) is 12.4 Å². The molecule has 0 saturated carbocycles. The molecule has 0 saturated heterocycles. The largest absolute Gasteiger partial charge is 0.465 e. The molecule has 2 aromatic heterocycles. The third kappa shape index (κ3) is 3.68. The van der Waals surface area contributed by atoms with Gasteiger partial charge < -0.3 is 5.11 Å². The predicted octanol–water partition coefficient (Wildman–Crippen LogP) is 2.45. The van der Waals surface area contributed by atoms with Crippen LogP contribution in [0.4, 0.5) is 13.6 Å². The first-order valence-corrected chi connectivity index (χ1v) is 6.36. The minimum absolute atomic E-state index is 0.106. The fourth-order valence-electron chi connectivity index (χ4n) is 1.78. The molecule has 0 unspecified atom stereocenters. The molecule has 2 aromatic rings. The van der Waals surface area contributed by atoms with Crippen molar-refractivity contribution in [2.75, 3.05) is 0 Å². The third-order valence-corrected chi connectivity index (χ3v) is 2.97. The molecule has 116 valence electrons. The van der Waals surface area contributed by atoms with E-state index in [4.69, 9.17) is 0 Å². The molecule has 0 fully saturated rings. The zero-order chi connectivity index (χ0) is 16.1. The topological polar surface area (TPSA) is 92.1 Å². The SMILES string of the molecule is C[C@H](c1ncccn1)N(Cc1ccc(C(F)F)nn1)C(=O)O. The van der Waals surface area contributed by atoms with Gasteiger partial charge in [0.15, 0.2) is 5.82 Å². The van der Waals surface area contributed by atoms with Crippen molar-refractivity contribution in [3.63, 3.8) is 0 Å². The quantitative estimate of drug-likeness (QED) is 0.912. The monoisotopic (exact) mass is 309 g/mol. The summed E-state index contributed by atoms with van der Waals surface area (Å²) in [4.78, 5) is 20.5. The van der Waals surface area contributed by atoms with Crippen molar-refractivity contribution in [2.45, 2.75) is 25.9 Å². The molecule has 22 heavy (non-hydrogen) atoms. The van der Waals surface area contributed by atoms with E-state index in [1.54, 1.807) is 13.0 Å². The normalized spacial score (nSPS) is 12.2. The molecule has 1 atom stereocenters. The number of rotatable bonds is 5. The van der Waals surface area contributed by atoms with Crippen molar-refractivity contribution in [1.82, 2.24) is 25.1 Å². The van der Waals surface area contributed by atoms with Crippen molar-refractivity contribution >= 4 is 6.09 Å². The number of carboxylic acid groups (broad SMARTS) is 1. The van der Waals surface area contributed by atoms with Crippen LogP contribution in [0.3, 0.4) is 0 Å². The van der Waals surface area contributed by atoms with Crippen molar-refractivity contribution in [2.24, 2.45) is 0 Å². The molecule has 0 aliphatic heterocycles. The summed E-state index contributed by atoms with van der Waals surface area (Å²) in [5.41, 5.74) is -0.195. The van der Waals surface area contributed by atoms with Gasteiger partial charge in [-0.25, -0.2) is 23.5 Å². The average molecular weight is 309 g/mol. The van der Waals surface area contributed by atoms with Gasteiger partial charge in [-0.3, -0.25) is 4.90 Å². The van der Waals surface area contributed by atoms with Crippen LogP contribution in [0.1, 0.15) is 36.6 Å². The van der Waals surface area contributed by atoms with Crippen LogP contribution < -0.4 is 0 Å². The second kappa shape index (κ2) is 6.83. The Labute approximate surface area is 124 Å². The van der Waals surface area contributed by atoms with E-state index in [0.29, 0.717) is 5.82 Å². The van der Waals surface area contributed by atoms with Crippen molar-refractivity contribution in [3.05, 3.63) is 47.8 Å². The second-order valence-corrected chi connectivity index (χ2v) is 4.44. The molecule has 7 nitrogen and oxygen atoms in total. The van der Waals surface area contributed by atoms with Gasteiger partial charge in [-0.2, -0.15) is 5.10 Å². The molecule has 1 N–H and O–H groups in total. The lowest BCUT2D eigenvalue weighted by atomic mass is 10.2. The fourth-order valence-corrected chi connectivity index (χ4v) is 1.78. The number of alkyl halides is 2. The average Bonchev–Trinajstić information content (AvgIpc) is 2.53. The van der Waals surface area contributed by atoms with Gasteiger partial charge in [0.25, 0.3) is 6.43 Å². The molecule has 1 amide bonds. The summed E-state index contributed by atoms with van der Waals surface area (Å²) in [7, 11) is 0. The number of hydrogen-bond donors (Lipinski definition) is 1. The Kier molecular flexibility index (Phi) is 4.87. The molecule has 2 heterocycles. The van der Waals surface area contributed by atoms with E-state index in [1.165, 1.54) is 18.5 Å². The summed E-state index contributed by atoms with van der Waals surface area (Å²) in [6.45, 7) is 1.52. The van der Waals surface area contributed by atoms with Crippen LogP contribution in [-0.4, -0.2) is 36.3 Å². The molecule has 0 aliphatic rings. The summed E-state index contributed by atoms with van der Waals surface area (Å²) >= 11 is 0. The van der Waals surface area contributed by atoms with Gasteiger partial charge in [-0.15, -0.1) is 5.10 Å². The van der Waals surface area contributed by atoms with E-state index in [1.807, 2.05) is 0 Å². The van der Waals surface area contributed by atoms with E-state index in [2.05, 4.69) is 20.2 Å². The summed E-state index contributed by atoms with van der Waals surface area (Å²) in [6, 6.07) is 3.45. The Morgan fingerprint density at radius 2 is 1.95 bits per heavy atom. The number of aromatic nitrogens is 4. The summed E-state index contributed by atoms with van der Waals surface area (Å²) in [6.07, 6.45) is -0.889. The molecule has 2 rings (SSSR count). The van der Waals surface area contributed by atoms with E-state index < -0.39 is 24.3 Å². The highest BCUT2D eigenvalue weighted by atomic mass is 19.3. The first kappa shape index (κ1) is 15.7. The lowest BCUT2D eigenvalue weighted by Crippen LogP contribution is -2.33. The molecule has 9 heteroatoms. The van der Waals surface area contributed by atoms with Crippen LogP contribution in [0.2, 0.25) is 0 Å². The highest BCUT2D eigenvalue weighted by molar-refractivity contribution is 5.65. The molecule has 0 radical (unpaired) electrons. The Hall–Kier alpha value is -2.71. The van der Waals surface area contributed by atoms with Gasteiger partial charge in [-0.1, -0.05) is 0 Å². The minimum atomic E-state index is -2.71. The van der Waals surface area contributed by atoms with Crippen LogP contribution in [0.5, 0.6) is 0 Å². The van der Waals surface area contributed by atoms with E-state index in [0.717, 1.165) is 11.0 Å². The lowest BCUT2D eigenvalue weighted by molar-refractivity contribution is 0.120. The van der Waals surface area contributed by atoms with Crippen LogP contribution in [0, 0.1) is 0 Å². The van der Waals surface area contributed by atoms with E-state index in [9.17, 15) is 18.7 Å². The minimum Gasteiger partial charge on any atom is -0.465 e. The Morgan fingerprint density at radius 3 is 2.45 bits per heavy atom. The Morgan fingerprint density at radius 1 is 1.27 bits per heavy atom. The fraction of sp³-hybridized carbons (Fsp3) is 0.308. The lowest BCUT2D eigenvalue weighted by Gasteiger charge is -2.24. The smallest absolute Gasteiger partial charge is 0.408 e. The third-order valence-electron chi connectivity index (χ3n) is 2.97. The van der Waals surface area contributed by atoms with Crippen LogP contribution in [0.15, 0.2) is 30.6 Å². The number of nitrogens with zero attached hydrogens (tertiary/aromatic N) is 5. The van der Waals surface area contributed by atoms with Crippen molar-refractivity contribution in [1.29, 1.82) is 0 Å². The van der Waals surface area contributed by atoms with Crippen LogP contribution in [0.25, 0.3) is 0 Å². The number of halogens is 2. The molecule has 0 aliphatic carbocycles. The molecular formula is C13H13F2N5O2. The maximum atomic E-state index is 12.4. The molecule has 0 aromatic carbocycles. The second-order valence-electron chi connectivity index (χ2n) is 4.44. The van der Waals surface area contributed by atoms with Crippen LogP contribution >= 0.6 is 0 Å². The van der Waals surface area contributed by atoms with Gasteiger partial charge >= 0.3 is 6.09 Å². The molecular weight excluding hydrogens is 296 g/mol. The maximum absolute atomic E-state index is 12.4. The zero-order valence-electron chi connectivity index (χ0n) is 11.6. The van der Waals surface area contributed by atoms with Gasteiger partial charge in [0.2, 0.25) is 0 Å². The Balaban J connectivity index is 2.17. The highest BCUT2D eigenvalue weighted by Gasteiger charge is 2.24. The molecule has 0 spiro atoms. The van der Waals surface area contributed by atoms with Gasteiger partial charge in [-0.05, 0) is 25.1 Å². The highest BCUT2D eigenvalue weighted by Crippen LogP contribution is 2.19. The zero-order valence-corrected chi connectivity index (χ0v) is 11.6. The number of carbonyl (C=O) groups is 1. The molecule has 0 bridgehead atoms. The Bertz CT molecular complexity index is 624. The summed E-state index contributed by atoms with van der Waals surface area (Å²) in [5.74, 6) is 0.335. The van der Waals surface area contributed by atoms with Gasteiger partial charge in [0.05, 0.1) is 18.3 Å². The standard InChI is InChI=1S/C13H13F2N5O2/c1-8(12-16-5-2-6-17-12)20(13(21)22)7-9-3-4-10(11(14)15)19-18-9/h2-6,8,11H,7H2,1H3,(H,21,22)/t8-/m1/s1. The van der Waals surface area contributed by atoms with Crippen molar-refractivity contribution in [3.8, 4) is 0 Å². The van der Waals surface area contributed by atoms with Crippen LogP contribution in [-0.2, 0) is 6.54 Å². The van der Waals surface area contributed by atoms with E-state index >= 15 is 0 Å². The maximum Gasteiger partial charge on any atom is 0.408 e. The first-order chi connectivity index (χ1) is 10.5. The van der Waals surface area contributed by atoms with E-state index in [-0.39, 0.29) is 12.2 Å². The number of hydrogen-bond acceptors (Lipinski definition) is 5. The van der Waals surface area contributed by atoms with Gasteiger partial charge in [0.1, 0.15) is 5.69 Å².